The van der Waals surface area contributed by atoms with E-state index in [0.29, 0.717) is 5.82 Å². The van der Waals surface area contributed by atoms with E-state index in [-0.39, 0.29) is 12.6 Å². The zero-order chi connectivity index (χ0) is 14.3. The first-order chi connectivity index (χ1) is 9.06. The number of aliphatic hydroxyl groups is 1. The number of anilines is 1. The average Bonchev–Trinajstić information content (AvgIpc) is 2.39. The molecule has 0 saturated heterocycles. The molecule has 0 fully saturated rings. The molecule has 0 aromatic carbocycles. The van der Waals surface area contributed by atoms with Crippen molar-refractivity contribution in [2.75, 3.05) is 11.7 Å². The molecule has 0 amide bonds. The zero-order valence-electron chi connectivity index (χ0n) is 11.6. The van der Waals surface area contributed by atoms with E-state index in [1.165, 1.54) is 0 Å². The van der Waals surface area contributed by atoms with Gasteiger partial charge in [0, 0.05) is 6.20 Å². The molecule has 0 radical (unpaired) electrons. The molecule has 1 aromatic rings. The van der Waals surface area contributed by atoms with Gasteiger partial charge in [0.1, 0.15) is 0 Å². The van der Waals surface area contributed by atoms with Crippen LogP contribution in [0.4, 0.5) is 5.82 Å². The fraction of sp³-hybridized carbons (Fsp3) is 0.400. The molecule has 0 unspecified atom stereocenters. The van der Waals surface area contributed by atoms with Crippen LogP contribution in [0.2, 0.25) is 0 Å². The van der Waals surface area contributed by atoms with Crippen LogP contribution in [0.5, 0.6) is 0 Å². The third kappa shape index (κ3) is 4.85. The van der Waals surface area contributed by atoms with Crippen LogP contribution in [-0.2, 0) is 0 Å². The molecule has 0 aliphatic rings. The summed E-state index contributed by atoms with van der Waals surface area (Å²) in [7, 11) is 0. The summed E-state index contributed by atoms with van der Waals surface area (Å²) >= 11 is 0. The number of allylic oxidation sites excluding steroid dienone is 1. The topological polar surface area (TPSA) is 56.6 Å². The van der Waals surface area contributed by atoms with Gasteiger partial charge in [-0.1, -0.05) is 29.9 Å². The molecule has 1 heterocycles. The molecule has 1 aromatic heterocycles. The predicted octanol–water partition coefficient (Wildman–Crippen LogP) is 2.94. The minimum absolute atomic E-state index is 0.0483. The van der Waals surface area contributed by atoms with Gasteiger partial charge in [-0.3, -0.25) is 5.21 Å². The minimum Gasteiger partial charge on any atom is -0.392 e. The summed E-state index contributed by atoms with van der Waals surface area (Å²) in [5.41, 5.74) is 1.98. The Morgan fingerprint density at radius 3 is 2.74 bits per heavy atom. The molecule has 0 aliphatic carbocycles. The number of pyridine rings is 1. The van der Waals surface area contributed by atoms with Gasteiger partial charge in [-0.25, -0.2) is 10.0 Å². The Labute approximate surface area is 114 Å². The van der Waals surface area contributed by atoms with Crippen molar-refractivity contribution in [2.24, 2.45) is 0 Å². The van der Waals surface area contributed by atoms with Gasteiger partial charge in [-0.05, 0) is 38.8 Å². The second-order valence-electron chi connectivity index (χ2n) is 4.67. The maximum Gasteiger partial charge on any atom is 0.152 e. The molecule has 1 rings (SSSR count). The van der Waals surface area contributed by atoms with Gasteiger partial charge in [-0.2, -0.15) is 0 Å². The Kier molecular flexibility index (Phi) is 6.25. The summed E-state index contributed by atoms with van der Waals surface area (Å²) in [6.45, 7) is 7.83. The molecule has 19 heavy (non-hydrogen) atoms. The first kappa shape index (κ1) is 15.4. The number of hydrogen-bond acceptors (Lipinski definition) is 4. The minimum atomic E-state index is -0.183. The molecule has 0 aliphatic heterocycles. The highest BCUT2D eigenvalue weighted by molar-refractivity contribution is 5.37. The Hall–Kier alpha value is -1.65. The number of hydrogen-bond donors (Lipinski definition) is 2. The quantitative estimate of drug-likeness (QED) is 0.586. The smallest absolute Gasteiger partial charge is 0.152 e. The van der Waals surface area contributed by atoms with Crippen molar-refractivity contribution in [1.82, 2.24) is 4.98 Å². The zero-order valence-corrected chi connectivity index (χ0v) is 11.6. The Bertz CT molecular complexity index is 429. The van der Waals surface area contributed by atoms with Crippen molar-refractivity contribution in [1.29, 1.82) is 0 Å². The third-order valence-electron chi connectivity index (χ3n) is 3.00. The molecule has 2 N–H and O–H groups in total. The fourth-order valence-electron chi connectivity index (χ4n) is 1.85. The maximum atomic E-state index is 10.2. The lowest BCUT2D eigenvalue weighted by Crippen LogP contribution is -2.33. The van der Waals surface area contributed by atoms with E-state index in [2.05, 4.69) is 11.6 Å². The molecule has 1 atom stereocenters. The van der Waals surface area contributed by atoms with E-state index in [4.69, 9.17) is 5.11 Å². The van der Waals surface area contributed by atoms with E-state index in [9.17, 15) is 5.21 Å². The Balaban J connectivity index is 2.73. The largest absolute Gasteiger partial charge is 0.392 e. The highest BCUT2D eigenvalue weighted by Crippen LogP contribution is 2.20. The summed E-state index contributed by atoms with van der Waals surface area (Å²) < 4.78 is 0. The van der Waals surface area contributed by atoms with Crippen molar-refractivity contribution in [3.8, 4) is 0 Å². The van der Waals surface area contributed by atoms with Crippen molar-refractivity contribution in [3.05, 3.63) is 48.2 Å². The van der Waals surface area contributed by atoms with E-state index in [0.717, 1.165) is 29.1 Å². The monoisotopic (exact) mass is 262 g/mol. The van der Waals surface area contributed by atoms with Crippen LogP contribution in [0.25, 0.3) is 0 Å². The second-order valence-corrected chi connectivity index (χ2v) is 4.67. The molecule has 0 spiro atoms. The van der Waals surface area contributed by atoms with Crippen LogP contribution in [0.15, 0.2) is 48.2 Å². The van der Waals surface area contributed by atoms with Crippen molar-refractivity contribution in [2.45, 2.75) is 32.7 Å². The van der Waals surface area contributed by atoms with Crippen molar-refractivity contribution >= 4 is 5.82 Å². The van der Waals surface area contributed by atoms with Gasteiger partial charge in [0.2, 0.25) is 0 Å². The van der Waals surface area contributed by atoms with Crippen molar-refractivity contribution < 1.29 is 10.3 Å². The van der Waals surface area contributed by atoms with Crippen LogP contribution >= 0.6 is 0 Å². The summed E-state index contributed by atoms with van der Waals surface area (Å²) in [6, 6.07) is 5.21. The number of nitrogens with zero attached hydrogens (tertiary/aromatic N) is 2. The van der Waals surface area contributed by atoms with E-state index < -0.39 is 0 Å². The Morgan fingerprint density at radius 1 is 1.47 bits per heavy atom. The van der Waals surface area contributed by atoms with E-state index in [1.54, 1.807) is 24.4 Å². The summed E-state index contributed by atoms with van der Waals surface area (Å²) in [5, 5.41) is 20.2. The summed E-state index contributed by atoms with van der Waals surface area (Å²) in [4.78, 5) is 4.13. The van der Waals surface area contributed by atoms with Gasteiger partial charge in [0.05, 0.1) is 12.6 Å². The molecule has 4 heteroatoms. The highest BCUT2D eigenvalue weighted by atomic mass is 16.5. The molecule has 4 nitrogen and oxygen atoms in total. The number of hydroxylamine groups is 1. The summed E-state index contributed by atoms with van der Waals surface area (Å²) in [5.74, 6) is 0.513. The third-order valence-corrected chi connectivity index (χ3v) is 3.00. The number of aromatic nitrogens is 1. The normalized spacial score (nSPS) is 13.2. The van der Waals surface area contributed by atoms with Gasteiger partial charge >= 0.3 is 0 Å². The summed E-state index contributed by atoms with van der Waals surface area (Å²) in [6.07, 6.45) is 4.94. The average molecular weight is 262 g/mol. The first-order valence-electron chi connectivity index (χ1n) is 6.37. The fourth-order valence-corrected chi connectivity index (χ4v) is 1.85. The van der Waals surface area contributed by atoms with E-state index in [1.807, 2.05) is 19.9 Å². The molecular weight excluding hydrogens is 240 g/mol. The van der Waals surface area contributed by atoms with Crippen LogP contribution in [-0.4, -0.2) is 27.9 Å². The van der Waals surface area contributed by atoms with Crippen LogP contribution < -0.4 is 5.06 Å². The number of rotatable bonds is 7. The standard InChI is InChI=1S/C15H22N2O2/c1-12(2)14(8-7-13(3)9-11-18)17(19)15-6-4-5-10-16-15/h4-6,9-10,14,18-19H,1,7-8,11H2,2-3H3/b13-9+/t14-/m0/s1. The molecule has 0 saturated carbocycles. The van der Waals surface area contributed by atoms with Gasteiger partial charge < -0.3 is 5.11 Å². The molecular formula is C15H22N2O2. The lowest BCUT2D eigenvalue weighted by atomic mass is 10.0. The maximum absolute atomic E-state index is 10.2. The molecule has 0 bridgehead atoms. The molecule has 104 valence electrons. The van der Waals surface area contributed by atoms with Crippen LogP contribution in [0.3, 0.4) is 0 Å². The van der Waals surface area contributed by atoms with Gasteiger partial charge in [0.15, 0.2) is 5.82 Å². The lowest BCUT2D eigenvalue weighted by molar-refractivity contribution is 0.220. The first-order valence-corrected chi connectivity index (χ1v) is 6.37. The highest BCUT2D eigenvalue weighted by Gasteiger charge is 2.18. The van der Waals surface area contributed by atoms with Gasteiger partial charge in [0.25, 0.3) is 0 Å². The van der Waals surface area contributed by atoms with E-state index >= 15 is 0 Å². The lowest BCUT2D eigenvalue weighted by Gasteiger charge is -2.27. The van der Waals surface area contributed by atoms with Crippen LogP contribution in [0, 0.1) is 0 Å². The van der Waals surface area contributed by atoms with Gasteiger partial charge in [-0.15, -0.1) is 0 Å². The SMILES string of the molecule is C=C(C)[C@H](CC/C(C)=C/CO)N(O)c1ccccn1. The predicted molar refractivity (Wildman–Crippen MR) is 77.2 cm³/mol. The van der Waals surface area contributed by atoms with Crippen molar-refractivity contribution in [3.63, 3.8) is 0 Å². The Morgan fingerprint density at radius 2 is 2.21 bits per heavy atom. The number of aliphatic hydroxyl groups excluding tert-OH is 1. The second kappa shape index (κ2) is 7.71. The van der Waals surface area contributed by atoms with Crippen LogP contribution in [0.1, 0.15) is 26.7 Å².